The Bertz CT molecular complexity index is 4050. The van der Waals surface area contributed by atoms with Gasteiger partial charge in [-0.15, -0.1) is 0 Å². The molecule has 642 valence electrons. The molecule has 35 nitrogen and oxygen atoms in total. The van der Waals surface area contributed by atoms with E-state index in [2.05, 4.69) is 20.2 Å². The van der Waals surface area contributed by atoms with Crippen molar-refractivity contribution in [3.63, 3.8) is 0 Å². The molecule has 3 fully saturated rings. The van der Waals surface area contributed by atoms with Crippen molar-refractivity contribution in [2.45, 2.75) is 218 Å². The van der Waals surface area contributed by atoms with Crippen molar-refractivity contribution in [1.82, 2.24) is 39.5 Å². The molecule has 3 aromatic carbocycles. The second kappa shape index (κ2) is 44.3. The average molecular weight is 1760 g/mol. The Morgan fingerprint density at radius 1 is 0.517 bits per heavy atom. The zero-order valence-electron chi connectivity index (χ0n) is 65.2. The van der Waals surface area contributed by atoms with Gasteiger partial charge >= 0.3 is 31.2 Å². The maximum absolute atomic E-state index is 12.4. The number of imidazole rings is 1. The van der Waals surface area contributed by atoms with Gasteiger partial charge in [0, 0.05) is 38.0 Å². The maximum atomic E-state index is 12.4. The number of carbonyl (C=O) groups excluding carboxylic acids is 9. The molecular weight excluding hydrogens is 1660 g/mol. The zero-order valence-corrected chi connectivity index (χ0v) is 71.1. The fraction of sp³-hybridized carbons (Fsp3) is 0.514. The predicted octanol–water partition coefficient (Wildman–Crippen LogP) is 5.42. The molecular formula is C74H104ClN8O27P3S3. The molecule has 42 heteroatoms. The first-order valence-electron chi connectivity index (χ1n) is 36.0. The lowest BCUT2D eigenvalue weighted by atomic mass is 9.95. The fourth-order valence-electron chi connectivity index (χ4n) is 11.0. The van der Waals surface area contributed by atoms with Crippen molar-refractivity contribution in [3.8, 4) is 17.2 Å². The van der Waals surface area contributed by atoms with Crippen LogP contribution in [-0.4, -0.2) is 241 Å². The highest BCUT2D eigenvalue weighted by Crippen LogP contribution is 2.51. The summed E-state index contributed by atoms with van der Waals surface area (Å²) in [5, 5.41) is 80.9. The van der Waals surface area contributed by atoms with Crippen LogP contribution in [0.4, 0.5) is 0 Å². The van der Waals surface area contributed by atoms with Crippen LogP contribution >= 0.6 is 30.3 Å². The van der Waals surface area contributed by atoms with E-state index in [1.54, 1.807) is 148 Å². The lowest BCUT2D eigenvalue weighted by molar-refractivity contribution is -0.159. The quantitative estimate of drug-likeness (QED) is 0.0147. The van der Waals surface area contributed by atoms with Crippen LogP contribution in [0.1, 0.15) is 110 Å². The minimum atomic E-state index is -3.42. The van der Waals surface area contributed by atoms with Crippen LogP contribution in [0, 0.1) is 0 Å². The van der Waals surface area contributed by atoms with Crippen molar-refractivity contribution in [3.05, 3.63) is 147 Å². The molecule has 0 radical (unpaired) electrons. The molecule has 1 unspecified atom stereocenters. The maximum Gasteiger partial charge on any atom is 0.323 e. The van der Waals surface area contributed by atoms with Gasteiger partial charge in [-0.2, -0.15) is 0 Å². The highest BCUT2D eigenvalue weighted by molar-refractivity contribution is 8.23. The molecule has 116 heavy (non-hydrogen) atoms. The van der Waals surface area contributed by atoms with Crippen molar-refractivity contribution in [1.29, 1.82) is 0 Å². The van der Waals surface area contributed by atoms with Gasteiger partial charge < -0.3 is 91.4 Å². The number of carbonyl (C=O) groups is 9. The fourth-order valence-corrected chi connectivity index (χ4v) is 18.3. The van der Waals surface area contributed by atoms with Gasteiger partial charge in [-0.1, -0.05) is 62.0 Å². The van der Waals surface area contributed by atoms with Crippen molar-refractivity contribution in [2.75, 3.05) is 19.8 Å². The van der Waals surface area contributed by atoms with E-state index in [0.717, 1.165) is 14.7 Å². The number of esters is 3. The second-order valence-corrected chi connectivity index (χ2v) is 39.3. The number of aliphatic hydroxyl groups excluding tert-OH is 4. The lowest BCUT2D eigenvalue weighted by Crippen LogP contribution is -2.54. The van der Waals surface area contributed by atoms with E-state index in [0.29, 0.717) is 17.2 Å². The highest BCUT2D eigenvalue weighted by Gasteiger charge is 2.58. The number of para-hydroxylation sites is 3. The number of ether oxygens (including phenoxy) is 6. The molecule has 4 aromatic rings. The van der Waals surface area contributed by atoms with Crippen LogP contribution < -0.4 is 28.8 Å². The third-order valence-electron chi connectivity index (χ3n) is 16.8. The molecule has 6 aliphatic heterocycles. The van der Waals surface area contributed by atoms with E-state index in [-0.39, 0.29) is 75.6 Å². The summed E-state index contributed by atoms with van der Waals surface area (Å²) in [5.74, 6) is -5.69. The molecule has 1 aromatic heterocycles. The molecule has 10 rings (SSSR count). The molecule has 3 saturated heterocycles. The molecule has 0 aliphatic carbocycles. The largest absolute Gasteiger partial charge is 0.462 e. The molecule has 7 heterocycles. The minimum absolute atomic E-state index is 0. The number of nitrogens with zero attached hydrogens (tertiary/aromatic N) is 5. The van der Waals surface area contributed by atoms with Gasteiger partial charge in [0.25, 0.3) is 5.77 Å². The number of ketones is 3. The summed E-state index contributed by atoms with van der Waals surface area (Å²) >= 11 is 22.6. The SMILES string of the molecule is C.CC(C)OC(=O)[C@H](C)NP(=S)(Cl)Oc1ccccc1.CC(C)OC(=O)[C@H](C)N[P@@](=S)(OC[C@H]1O[C@@H](N2C=CC(=O)CC2=O)[C@](C)(O)[C@@H]1O)Oc1ccccc1.CC(C)OC(=O)[C@H](C)N[P@](=S)(OC[C@H]1O[C@@H](N2C=CC(=O)CC2=O)[C@](C)(O)[C@@H]1O)Oc1ccccc1.C[C@@]1(O)[C@H](O)[C@@H](CO)O[C@H]1N1C=CC(=O)CC1=O.Cn1ccnc1. The number of allylic oxidation sites excluding steroid dienone is 3. The molecule has 3 amide bonds. The number of halogens is 1. The van der Waals surface area contributed by atoms with Crippen molar-refractivity contribution >= 4 is 119 Å². The minimum Gasteiger partial charge on any atom is -0.462 e. The molecule has 18 atom stereocenters. The van der Waals surface area contributed by atoms with Crippen LogP contribution in [0.5, 0.6) is 17.2 Å². The van der Waals surface area contributed by atoms with Crippen LogP contribution in [0.15, 0.2) is 147 Å². The van der Waals surface area contributed by atoms with Crippen LogP contribution in [0.25, 0.3) is 0 Å². The van der Waals surface area contributed by atoms with E-state index >= 15 is 0 Å². The summed E-state index contributed by atoms with van der Waals surface area (Å²) in [5.41, 5.74) is -5.47. The number of nitrogens with one attached hydrogen (secondary N) is 3. The van der Waals surface area contributed by atoms with E-state index in [1.807, 2.05) is 36.0 Å². The Kier molecular flexibility index (Phi) is 38.0. The topological polar surface area (TPSA) is 460 Å². The lowest BCUT2D eigenvalue weighted by Gasteiger charge is -2.34. The zero-order chi connectivity index (χ0) is 85.7. The molecule has 0 bridgehead atoms. The standard InChI is InChI=1S/2C23H31N2O9PS.C12H17ClNO3PS.C11H15NO6.C4H6N2.CH4/c2*1-14(2)32-21(29)15(3)24-35(36,34-17-8-6-5-7-9-17)31-13-18-20(28)23(4,30)22(33-18)25-11-10-16(26)12-19(25)27;1-9(2)16-12(15)10(3)14-18(13,19)17-11-7-5-4-6-8-11;1-11(17)9(16)7(5-13)18-10(11)12-3-2-6(14)4-8(12)15;1-6-3-2-5-4-6;/h2*5-11,14-15,18,20,22,28,30H,12-13H2,1-4H3,(H,24,36);4-10H,1-3H3,(H,14,19);2-3,7,9-10,13,16-17H,4-5H2,1H3;2-4H,1H3;1H4/t15-,18+,20+,22+,23+,35+;15-,18+,20+,22+,23+,35-;10-,18?;7-,9-,10-,11-;;/m0001../s1. The summed E-state index contributed by atoms with van der Waals surface area (Å²) in [7, 11) is 1.94. The number of aromatic nitrogens is 2. The Morgan fingerprint density at radius 3 is 1.07 bits per heavy atom. The first-order valence-corrected chi connectivity index (χ1v) is 44.9. The third-order valence-corrected chi connectivity index (χ3v) is 24.0. The van der Waals surface area contributed by atoms with Gasteiger partial charge in [-0.3, -0.25) is 57.9 Å². The third kappa shape index (κ3) is 29.2. The number of aliphatic hydroxyl groups is 7. The van der Waals surface area contributed by atoms with Gasteiger partial charge in [0.1, 0.15) is 88.8 Å². The van der Waals surface area contributed by atoms with Crippen LogP contribution in [0.3, 0.4) is 0 Å². The smallest absolute Gasteiger partial charge is 0.323 e. The number of hydrogen-bond acceptors (Lipinski definition) is 31. The Labute approximate surface area is 693 Å². The van der Waals surface area contributed by atoms with Crippen molar-refractivity contribution < 1.29 is 130 Å². The highest BCUT2D eigenvalue weighted by atomic mass is 35.7. The van der Waals surface area contributed by atoms with Gasteiger partial charge in [0.05, 0.1) is 63.7 Å². The van der Waals surface area contributed by atoms with Crippen LogP contribution in [-0.2, 0) is 123 Å². The monoisotopic (exact) mass is 1760 g/mol. The van der Waals surface area contributed by atoms with E-state index in [1.165, 1.54) is 57.6 Å². The molecule has 0 spiro atoms. The summed E-state index contributed by atoms with van der Waals surface area (Å²) < 4.78 is 63.4. The molecule has 0 saturated carbocycles. The summed E-state index contributed by atoms with van der Waals surface area (Å²) in [6.07, 6.45) is -0.320. The van der Waals surface area contributed by atoms with E-state index in [4.69, 9.17) is 103 Å². The number of amides is 3. The molecule has 6 aliphatic rings. The normalized spacial score (nSPS) is 27.2. The predicted molar refractivity (Wildman–Crippen MR) is 433 cm³/mol. The Hall–Kier alpha value is -7.04. The van der Waals surface area contributed by atoms with Crippen LogP contribution in [0.2, 0.25) is 0 Å². The Morgan fingerprint density at radius 2 is 0.810 bits per heavy atom. The summed E-state index contributed by atoms with van der Waals surface area (Å²) in [6, 6.07) is 23.9. The average Bonchev–Trinajstić information content (AvgIpc) is 1.62. The number of rotatable bonds is 28. The second-order valence-electron chi connectivity index (χ2n) is 28.1. The first kappa shape index (κ1) is 99.5. The van der Waals surface area contributed by atoms with E-state index in [9.17, 15) is 73.8 Å². The van der Waals surface area contributed by atoms with E-state index < -0.39 is 152 Å². The summed E-state index contributed by atoms with van der Waals surface area (Å²) in [6.45, 7) is 11.2. The van der Waals surface area contributed by atoms with Gasteiger partial charge in [0.2, 0.25) is 17.7 Å². The molecule has 10 N–H and O–H groups in total. The number of hydrogen-bond donors (Lipinski definition) is 10. The first-order chi connectivity index (χ1) is 53.7. The van der Waals surface area contributed by atoms with Gasteiger partial charge in [0.15, 0.2) is 36.0 Å². The van der Waals surface area contributed by atoms with Crippen molar-refractivity contribution in [2.24, 2.45) is 7.05 Å². The number of benzene rings is 3. The number of aryl methyl sites for hydroxylation is 1. The van der Waals surface area contributed by atoms with Gasteiger partial charge in [-0.25, -0.2) is 20.2 Å². The summed E-state index contributed by atoms with van der Waals surface area (Å²) in [4.78, 5) is 114. The van der Waals surface area contributed by atoms with Gasteiger partial charge in [-0.05, 0) is 184 Å². The Balaban J connectivity index is 0.000000279.